The summed E-state index contributed by atoms with van der Waals surface area (Å²) in [5.74, 6) is 0.814. The summed E-state index contributed by atoms with van der Waals surface area (Å²) in [6.07, 6.45) is 4.52. The second kappa shape index (κ2) is 9.10. The number of carbonyl (C=O) groups is 1. The summed E-state index contributed by atoms with van der Waals surface area (Å²) in [5.41, 5.74) is 0.719. The summed E-state index contributed by atoms with van der Waals surface area (Å²) < 4.78 is 1.13. The van der Waals surface area contributed by atoms with Crippen molar-refractivity contribution in [1.29, 1.82) is 0 Å². The van der Waals surface area contributed by atoms with Gasteiger partial charge in [-0.2, -0.15) is 0 Å². The van der Waals surface area contributed by atoms with Gasteiger partial charge in [-0.1, -0.05) is 0 Å². The minimum Gasteiger partial charge on any atom is -0.352 e. The molecule has 7 heteroatoms. The van der Waals surface area contributed by atoms with Gasteiger partial charge >= 0.3 is 0 Å². The average Bonchev–Trinajstić information content (AvgIpc) is 2.67. The van der Waals surface area contributed by atoms with E-state index in [0.29, 0.717) is 6.54 Å². The Morgan fingerprint density at radius 1 is 1.08 bits per heavy atom. The molecular weight excluding hydrogens is 429 g/mol. The smallest absolute Gasteiger partial charge is 0.251 e. The van der Waals surface area contributed by atoms with Crippen LogP contribution in [-0.2, 0) is 0 Å². The molecule has 0 saturated carbocycles. The van der Waals surface area contributed by atoms with Crippen LogP contribution in [0.3, 0.4) is 0 Å². The molecule has 6 nitrogen and oxygen atoms in total. The Kier molecular flexibility index (Phi) is 6.57. The summed E-state index contributed by atoms with van der Waals surface area (Å²) in [4.78, 5) is 25.3. The van der Waals surface area contributed by atoms with Gasteiger partial charge in [-0.15, -0.1) is 0 Å². The highest BCUT2D eigenvalue weighted by atomic mass is 127. The number of hydrogen-bond acceptors (Lipinski definition) is 5. The highest BCUT2D eigenvalue weighted by Gasteiger charge is 2.18. The molecule has 1 aliphatic heterocycles. The lowest BCUT2D eigenvalue weighted by atomic mass is 10.2. The van der Waals surface area contributed by atoms with Crippen molar-refractivity contribution in [2.75, 3.05) is 44.2 Å². The zero-order valence-electron chi connectivity index (χ0n) is 14.1. The summed E-state index contributed by atoms with van der Waals surface area (Å²) in [7, 11) is 0. The number of hydrogen-bond donors (Lipinski definition) is 1. The van der Waals surface area contributed by atoms with Crippen LogP contribution in [-0.4, -0.2) is 60.0 Å². The maximum atomic E-state index is 12.1. The number of halogens is 1. The van der Waals surface area contributed by atoms with E-state index in [1.165, 1.54) is 0 Å². The highest BCUT2D eigenvalue weighted by Crippen LogP contribution is 2.10. The van der Waals surface area contributed by atoms with Crippen molar-refractivity contribution in [3.05, 3.63) is 51.9 Å². The minimum atomic E-state index is 0.00226. The number of nitrogens with zero attached hydrogens (tertiary/aromatic N) is 4. The van der Waals surface area contributed by atoms with Gasteiger partial charge in [-0.3, -0.25) is 9.69 Å². The molecule has 1 N–H and O–H groups in total. The van der Waals surface area contributed by atoms with E-state index < -0.39 is 0 Å². The van der Waals surface area contributed by atoms with Gasteiger partial charge in [0.15, 0.2) is 0 Å². The molecule has 0 atom stereocenters. The maximum Gasteiger partial charge on any atom is 0.251 e. The van der Waals surface area contributed by atoms with E-state index in [2.05, 4.69) is 47.7 Å². The number of nitrogens with one attached hydrogen (secondary N) is 1. The van der Waals surface area contributed by atoms with E-state index in [9.17, 15) is 4.79 Å². The molecule has 25 heavy (non-hydrogen) atoms. The molecule has 0 spiro atoms. The zero-order chi connectivity index (χ0) is 17.5. The monoisotopic (exact) mass is 451 g/mol. The molecule has 1 aromatic carbocycles. The number of amides is 1. The quantitative estimate of drug-likeness (QED) is 0.538. The van der Waals surface area contributed by atoms with Gasteiger partial charge in [-0.25, -0.2) is 9.97 Å². The lowest BCUT2D eigenvalue weighted by Crippen LogP contribution is -2.47. The second-order valence-electron chi connectivity index (χ2n) is 5.99. The first-order chi connectivity index (χ1) is 12.2. The highest BCUT2D eigenvalue weighted by molar-refractivity contribution is 14.1. The van der Waals surface area contributed by atoms with Crippen molar-refractivity contribution < 1.29 is 4.79 Å². The Morgan fingerprint density at radius 2 is 1.76 bits per heavy atom. The van der Waals surface area contributed by atoms with Crippen molar-refractivity contribution in [3.63, 3.8) is 0 Å². The predicted octanol–water partition coefficient (Wildman–Crippen LogP) is 2.02. The molecule has 0 radical (unpaired) electrons. The van der Waals surface area contributed by atoms with E-state index in [4.69, 9.17) is 0 Å². The first-order valence-electron chi connectivity index (χ1n) is 8.50. The number of rotatable bonds is 6. The molecule has 1 amide bonds. The first-order valence-corrected chi connectivity index (χ1v) is 9.58. The van der Waals surface area contributed by atoms with Gasteiger partial charge in [-0.05, 0) is 65.9 Å². The standard InChI is InChI=1S/C18H22IN5O/c19-16-5-3-15(4-6-16)17(25)20-9-2-10-23-11-13-24(14-12-23)18-21-7-1-8-22-18/h1,3-8H,2,9-14H2,(H,20,25). The minimum absolute atomic E-state index is 0.00226. The number of anilines is 1. The third-order valence-corrected chi connectivity index (χ3v) is 4.97. The Bertz CT molecular complexity index is 672. The molecule has 1 aromatic heterocycles. The molecule has 3 rings (SSSR count). The van der Waals surface area contributed by atoms with E-state index in [1.54, 1.807) is 12.4 Å². The third-order valence-electron chi connectivity index (χ3n) is 4.25. The van der Waals surface area contributed by atoms with Crippen LogP contribution < -0.4 is 10.2 Å². The molecule has 1 fully saturated rings. The lowest BCUT2D eigenvalue weighted by molar-refractivity contribution is 0.0951. The van der Waals surface area contributed by atoms with Crippen LogP contribution in [0.25, 0.3) is 0 Å². The van der Waals surface area contributed by atoms with Crippen molar-refractivity contribution in [1.82, 2.24) is 20.2 Å². The van der Waals surface area contributed by atoms with E-state index in [0.717, 1.165) is 54.2 Å². The number of carbonyl (C=O) groups excluding carboxylic acids is 1. The van der Waals surface area contributed by atoms with Gasteiger partial charge < -0.3 is 10.2 Å². The molecular formula is C18H22IN5O. The Hall–Kier alpha value is -1.74. The predicted molar refractivity (Wildman–Crippen MR) is 107 cm³/mol. The molecule has 132 valence electrons. The fourth-order valence-electron chi connectivity index (χ4n) is 2.83. The van der Waals surface area contributed by atoms with Crippen LogP contribution in [0.1, 0.15) is 16.8 Å². The summed E-state index contributed by atoms with van der Waals surface area (Å²) >= 11 is 2.24. The molecule has 2 heterocycles. The van der Waals surface area contributed by atoms with Crippen LogP contribution in [0.2, 0.25) is 0 Å². The van der Waals surface area contributed by atoms with Gasteiger partial charge in [0.2, 0.25) is 5.95 Å². The Balaban J connectivity index is 1.34. The fraction of sp³-hybridized carbons (Fsp3) is 0.389. The van der Waals surface area contributed by atoms with Crippen LogP contribution in [0.4, 0.5) is 5.95 Å². The molecule has 2 aromatic rings. The number of aromatic nitrogens is 2. The Morgan fingerprint density at radius 3 is 2.44 bits per heavy atom. The van der Waals surface area contributed by atoms with Crippen molar-refractivity contribution in [3.8, 4) is 0 Å². The van der Waals surface area contributed by atoms with Crippen molar-refractivity contribution >= 4 is 34.4 Å². The average molecular weight is 451 g/mol. The zero-order valence-corrected chi connectivity index (χ0v) is 16.2. The normalized spacial score (nSPS) is 15.2. The molecule has 0 bridgehead atoms. The first kappa shape index (κ1) is 18.1. The van der Waals surface area contributed by atoms with Gasteiger partial charge in [0.1, 0.15) is 0 Å². The van der Waals surface area contributed by atoms with E-state index in [1.807, 2.05) is 30.3 Å². The Labute approximate surface area is 161 Å². The summed E-state index contributed by atoms with van der Waals surface area (Å²) in [5, 5.41) is 2.99. The lowest BCUT2D eigenvalue weighted by Gasteiger charge is -2.34. The van der Waals surface area contributed by atoms with E-state index >= 15 is 0 Å². The van der Waals surface area contributed by atoms with Gasteiger partial charge in [0, 0.05) is 54.3 Å². The number of benzene rings is 1. The molecule has 0 unspecified atom stereocenters. The van der Waals surface area contributed by atoms with Crippen molar-refractivity contribution in [2.24, 2.45) is 0 Å². The van der Waals surface area contributed by atoms with Crippen LogP contribution in [0.15, 0.2) is 42.7 Å². The molecule has 1 saturated heterocycles. The van der Waals surface area contributed by atoms with Crippen molar-refractivity contribution in [2.45, 2.75) is 6.42 Å². The van der Waals surface area contributed by atoms with Crippen LogP contribution in [0.5, 0.6) is 0 Å². The molecule has 0 aliphatic carbocycles. The summed E-state index contributed by atoms with van der Waals surface area (Å²) in [6.45, 7) is 5.59. The number of piperazine rings is 1. The largest absolute Gasteiger partial charge is 0.352 e. The summed E-state index contributed by atoms with van der Waals surface area (Å²) in [6, 6.07) is 9.46. The SMILES string of the molecule is O=C(NCCCN1CCN(c2ncccn2)CC1)c1ccc(I)cc1. The third kappa shape index (κ3) is 5.37. The molecule has 1 aliphatic rings. The van der Waals surface area contributed by atoms with E-state index in [-0.39, 0.29) is 5.91 Å². The maximum absolute atomic E-state index is 12.1. The fourth-order valence-corrected chi connectivity index (χ4v) is 3.19. The topological polar surface area (TPSA) is 61.4 Å². The van der Waals surface area contributed by atoms with Gasteiger partial charge in [0.25, 0.3) is 5.91 Å². The second-order valence-corrected chi connectivity index (χ2v) is 7.24. The van der Waals surface area contributed by atoms with Crippen LogP contribution >= 0.6 is 22.6 Å². The van der Waals surface area contributed by atoms with Crippen LogP contribution in [0, 0.1) is 3.57 Å². The van der Waals surface area contributed by atoms with Gasteiger partial charge in [0.05, 0.1) is 0 Å².